The second kappa shape index (κ2) is 70.1. The van der Waals surface area contributed by atoms with E-state index in [-0.39, 0.29) is 19.3 Å². The number of hydrogen-bond acceptors (Lipinski definition) is 14. The van der Waals surface area contributed by atoms with Crippen LogP contribution in [0, 0.1) is 0 Å². The Labute approximate surface area is 577 Å². The molecule has 0 amide bonds. The van der Waals surface area contributed by atoms with Gasteiger partial charge in [-0.1, -0.05) is 265 Å². The maximum atomic E-state index is 12.9. The normalized spacial score (nSPS) is 14.7. The van der Waals surface area contributed by atoms with E-state index in [0.29, 0.717) is 19.3 Å². The quantitative estimate of drug-likeness (QED) is 0.0146. The molecule has 0 aliphatic carbocycles. The molecule has 0 rings (SSSR count). The molecule has 0 aromatic heterocycles. The molecule has 0 saturated heterocycles. The highest BCUT2D eigenvalue weighted by Gasteiger charge is 2.29. The first kappa shape index (κ1) is 91.2. The van der Waals surface area contributed by atoms with E-state index in [1.165, 1.54) is 83.5 Å². The Balaban J connectivity index is 4.60. The minimum absolute atomic E-state index is 0.0912. The summed E-state index contributed by atoms with van der Waals surface area (Å²) >= 11 is 0. The molecule has 0 heterocycles. The van der Waals surface area contributed by atoms with Crippen molar-refractivity contribution in [1.82, 2.24) is 0 Å². The van der Waals surface area contributed by atoms with Crippen molar-refractivity contribution in [2.75, 3.05) is 39.6 Å². The van der Waals surface area contributed by atoms with Gasteiger partial charge in [0, 0.05) is 19.3 Å². The SMILES string of the molecule is CC/C=C\C/C=C\C/C=C\C/C=C\C/C=C\CCCCCCCCCCCC(=O)OCC(O)COP(=O)(O)OCC(O)COP(=O)(O)OCC(COC(=O)CCCCCCCC/C=C\C/C=C\C/C=C\CCCCC)OC(=O)CCCCCCC/C=C\CCCCCCCC. The van der Waals surface area contributed by atoms with E-state index < -0.39 is 91.5 Å². The van der Waals surface area contributed by atoms with Gasteiger partial charge in [-0.05, 0) is 128 Å². The van der Waals surface area contributed by atoms with Crippen molar-refractivity contribution in [3.05, 3.63) is 109 Å². The van der Waals surface area contributed by atoms with Gasteiger partial charge in [0.2, 0.25) is 0 Å². The summed E-state index contributed by atoms with van der Waals surface area (Å²) in [5, 5.41) is 20.6. The molecule has 548 valence electrons. The van der Waals surface area contributed by atoms with Crippen LogP contribution in [0.1, 0.15) is 303 Å². The number of phosphoric acid groups is 2. The zero-order chi connectivity index (χ0) is 69.5. The smallest absolute Gasteiger partial charge is 0.463 e. The van der Waals surface area contributed by atoms with Crippen molar-refractivity contribution in [2.45, 2.75) is 322 Å². The molecular weight excluding hydrogens is 1240 g/mol. The lowest BCUT2D eigenvalue weighted by molar-refractivity contribution is -0.161. The van der Waals surface area contributed by atoms with E-state index >= 15 is 0 Å². The van der Waals surface area contributed by atoms with Crippen LogP contribution in [0.25, 0.3) is 0 Å². The molecule has 0 spiro atoms. The lowest BCUT2D eigenvalue weighted by Crippen LogP contribution is -2.30. The van der Waals surface area contributed by atoms with Crippen LogP contribution >= 0.6 is 15.6 Å². The molecule has 0 aliphatic heterocycles. The number of phosphoric ester groups is 2. The highest BCUT2D eigenvalue weighted by Crippen LogP contribution is 2.45. The fraction of sp³-hybridized carbons (Fsp3) is 0.727. The Morgan fingerprint density at radius 1 is 0.305 bits per heavy atom. The van der Waals surface area contributed by atoms with Crippen molar-refractivity contribution in [3.63, 3.8) is 0 Å². The first-order valence-electron chi connectivity index (χ1n) is 37.2. The van der Waals surface area contributed by atoms with Gasteiger partial charge in [0.25, 0.3) is 0 Å². The largest absolute Gasteiger partial charge is 0.472 e. The van der Waals surface area contributed by atoms with Gasteiger partial charge >= 0.3 is 33.6 Å². The van der Waals surface area contributed by atoms with Crippen LogP contribution in [0.2, 0.25) is 0 Å². The maximum Gasteiger partial charge on any atom is 0.472 e. The average Bonchev–Trinajstić information content (AvgIpc) is 2.24. The average molecular weight is 1380 g/mol. The lowest BCUT2D eigenvalue weighted by atomic mass is 10.1. The molecule has 4 N–H and O–H groups in total. The number of ether oxygens (including phenoxy) is 3. The molecule has 5 atom stereocenters. The third-order valence-corrected chi connectivity index (χ3v) is 17.4. The van der Waals surface area contributed by atoms with E-state index in [0.717, 1.165) is 161 Å². The molecule has 0 fully saturated rings. The predicted octanol–water partition coefficient (Wildman–Crippen LogP) is 21.2. The number of carbonyl (C=O) groups excluding carboxylic acids is 3. The van der Waals surface area contributed by atoms with E-state index in [4.69, 9.17) is 32.3 Å². The van der Waals surface area contributed by atoms with Gasteiger partial charge in [-0.25, -0.2) is 9.13 Å². The summed E-state index contributed by atoms with van der Waals surface area (Å²) in [6.45, 7) is 2.51. The topological polar surface area (TPSA) is 231 Å². The Kier molecular flexibility index (Phi) is 67.3. The zero-order valence-corrected chi connectivity index (χ0v) is 61.4. The van der Waals surface area contributed by atoms with E-state index in [9.17, 15) is 43.5 Å². The minimum Gasteiger partial charge on any atom is -0.463 e. The molecule has 0 aliphatic rings. The molecule has 0 aromatic carbocycles. The summed E-state index contributed by atoms with van der Waals surface area (Å²) in [5.74, 6) is -1.60. The molecule has 16 nitrogen and oxygen atoms in total. The molecule has 0 bridgehead atoms. The standard InChI is InChI=1S/C77H134O16P2/c1-4-7-10-13-16-19-22-25-28-30-32-33-34-35-36-37-39-41-43-45-48-51-54-57-60-63-75(80)87-66-72(78)67-89-94(83,84)90-68-73(79)69-91-95(85,86)92-71-74(93-77(82)65-62-59-56-53-50-47-42-27-24-21-18-15-12-9-6-3)70-88-76(81)64-61-58-55-52-49-46-44-40-38-31-29-26-23-20-17-14-11-8-5-2/h7,10,16-17,19-20,25-29,32-33,35-36,38,40,42,72-74,78-79H,4-6,8-9,11-15,18,21-24,30-31,34,37,39,41,43-71H2,1-3H3,(H,83,84)(H,85,86)/b10-7-,19-16-,20-17-,28-25-,29-26-,33-32-,36-35-,40-38-,42-27-. The van der Waals surface area contributed by atoms with Crippen LogP contribution in [-0.4, -0.2) is 95.9 Å². The fourth-order valence-corrected chi connectivity index (χ4v) is 11.4. The summed E-state index contributed by atoms with van der Waals surface area (Å²) in [7, 11) is -9.79. The van der Waals surface area contributed by atoms with Gasteiger partial charge in [-0.2, -0.15) is 0 Å². The van der Waals surface area contributed by atoms with Crippen LogP contribution in [0.15, 0.2) is 109 Å². The Morgan fingerprint density at radius 2 is 0.558 bits per heavy atom. The minimum atomic E-state index is -4.93. The Morgan fingerprint density at radius 3 is 0.916 bits per heavy atom. The summed E-state index contributed by atoms with van der Waals surface area (Å²) < 4.78 is 61.0. The van der Waals surface area contributed by atoms with Crippen LogP contribution in [0.5, 0.6) is 0 Å². The molecule has 18 heteroatoms. The first-order valence-corrected chi connectivity index (χ1v) is 40.2. The highest BCUT2D eigenvalue weighted by atomic mass is 31.2. The van der Waals surface area contributed by atoms with Crippen LogP contribution in [0.3, 0.4) is 0 Å². The number of unbranched alkanes of at least 4 members (excludes halogenated alkanes) is 29. The fourth-order valence-electron chi connectivity index (χ4n) is 9.78. The number of rotatable bonds is 70. The second-order valence-electron chi connectivity index (χ2n) is 24.7. The molecule has 0 aromatic rings. The van der Waals surface area contributed by atoms with Gasteiger partial charge in [0.1, 0.15) is 25.4 Å². The van der Waals surface area contributed by atoms with Gasteiger partial charge in [0.15, 0.2) is 6.10 Å². The highest BCUT2D eigenvalue weighted by molar-refractivity contribution is 7.47. The number of aliphatic hydroxyl groups excluding tert-OH is 2. The van der Waals surface area contributed by atoms with Crippen LogP contribution in [-0.2, 0) is 55.8 Å². The van der Waals surface area contributed by atoms with E-state index in [2.05, 4.69) is 130 Å². The predicted molar refractivity (Wildman–Crippen MR) is 390 cm³/mol. The van der Waals surface area contributed by atoms with Gasteiger partial charge < -0.3 is 34.2 Å². The van der Waals surface area contributed by atoms with E-state index in [1.54, 1.807) is 0 Å². The van der Waals surface area contributed by atoms with Crippen molar-refractivity contribution >= 4 is 33.6 Å². The number of aliphatic hydroxyl groups is 2. The van der Waals surface area contributed by atoms with Gasteiger partial charge in [0.05, 0.1) is 26.4 Å². The summed E-state index contributed by atoms with van der Waals surface area (Å²) in [6, 6.07) is 0. The maximum absolute atomic E-state index is 12.9. The summed E-state index contributed by atoms with van der Waals surface area (Å²) in [4.78, 5) is 58.5. The van der Waals surface area contributed by atoms with E-state index in [1.807, 2.05) is 0 Å². The Bertz CT molecular complexity index is 2170. The van der Waals surface area contributed by atoms with Gasteiger partial charge in [-0.15, -0.1) is 0 Å². The third kappa shape index (κ3) is 71.3. The summed E-state index contributed by atoms with van der Waals surface area (Å²) in [6.07, 6.45) is 79.8. The van der Waals surface area contributed by atoms with Crippen molar-refractivity contribution in [1.29, 1.82) is 0 Å². The lowest BCUT2D eigenvalue weighted by Gasteiger charge is -2.21. The van der Waals surface area contributed by atoms with Crippen LogP contribution in [0.4, 0.5) is 0 Å². The number of esters is 3. The molecule has 0 saturated carbocycles. The number of carbonyl (C=O) groups is 3. The number of hydrogen-bond donors (Lipinski definition) is 4. The number of allylic oxidation sites excluding steroid dienone is 18. The third-order valence-electron chi connectivity index (χ3n) is 15.5. The second-order valence-corrected chi connectivity index (χ2v) is 27.6. The van der Waals surface area contributed by atoms with Crippen molar-refractivity contribution in [3.8, 4) is 0 Å². The summed E-state index contributed by atoms with van der Waals surface area (Å²) in [5.41, 5.74) is 0. The van der Waals surface area contributed by atoms with Gasteiger partial charge in [-0.3, -0.25) is 32.5 Å². The molecule has 5 unspecified atom stereocenters. The molecular formula is C77H134O16P2. The van der Waals surface area contributed by atoms with Crippen LogP contribution < -0.4 is 0 Å². The van der Waals surface area contributed by atoms with Crippen molar-refractivity contribution < 1.29 is 75.8 Å². The van der Waals surface area contributed by atoms with Crippen molar-refractivity contribution in [2.24, 2.45) is 0 Å². The molecule has 0 radical (unpaired) electrons. The molecule has 95 heavy (non-hydrogen) atoms. The zero-order valence-electron chi connectivity index (χ0n) is 59.6. The Hall–Kier alpha value is -3.79. The monoisotopic (exact) mass is 1380 g/mol. The first-order chi connectivity index (χ1) is 46.2.